The highest BCUT2D eigenvalue weighted by molar-refractivity contribution is 4.94. The van der Waals surface area contributed by atoms with Crippen LogP contribution in [0.3, 0.4) is 0 Å². The largest absolute Gasteiger partial charge is 0.325 e. The van der Waals surface area contributed by atoms with E-state index in [2.05, 4.69) is 17.7 Å². The fourth-order valence-corrected chi connectivity index (χ4v) is 1.74. The highest BCUT2D eigenvalue weighted by atomic mass is 15.1. The molecule has 1 aliphatic rings. The molecule has 0 atom stereocenters. The molecule has 0 heterocycles. The predicted molar refractivity (Wildman–Crippen MR) is 56.3 cm³/mol. The lowest BCUT2D eigenvalue weighted by molar-refractivity contribution is 0.193. The fourth-order valence-electron chi connectivity index (χ4n) is 1.74. The maximum absolute atomic E-state index is 6.12. The average Bonchev–Trinajstić information content (AvgIpc) is 2.09. The van der Waals surface area contributed by atoms with Gasteiger partial charge in [-0.05, 0) is 32.2 Å². The van der Waals surface area contributed by atoms with Crippen LogP contribution in [0.2, 0.25) is 0 Å². The van der Waals surface area contributed by atoms with Crippen LogP contribution in [-0.2, 0) is 0 Å². The van der Waals surface area contributed by atoms with Gasteiger partial charge in [0.2, 0.25) is 0 Å². The molecular formula is C11H20N2. The molecule has 13 heavy (non-hydrogen) atoms. The molecule has 0 aliphatic heterocycles. The normalized spacial score (nSPS) is 19.5. The Bertz CT molecular complexity index is 189. The van der Waals surface area contributed by atoms with Crippen LogP contribution >= 0.6 is 0 Å². The fraction of sp³-hybridized carbons (Fsp3) is 0.818. The van der Waals surface area contributed by atoms with Crippen molar-refractivity contribution in [2.45, 2.75) is 38.1 Å². The van der Waals surface area contributed by atoms with Crippen molar-refractivity contribution >= 4 is 0 Å². The van der Waals surface area contributed by atoms with Gasteiger partial charge < -0.3 is 5.73 Å². The summed E-state index contributed by atoms with van der Waals surface area (Å²) in [6.45, 7) is 4.98. The molecule has 0 unspecified atom stereocenters. The van der Waals surface area contributed by atoms with Gasteiger partial charge >= 0.3 is 0 Å². The summed E-state index contributed by atoms with van der Waals surface area (Å²) in [6, 6.07) is 0. The summed E-state index contributed by atoms with van der Waals surface area (Å²) >= 11 is 0. The molecule has 0 radical (unpaired) electrons. The highest BCUT2D eigenvalue weighted by Gasteiger charge is 2.31. The van der Waals surface area contributed by atoms with Crippen molar-refractivity contribution < 1.29 is 0 Å². The van der Waals surface area contributed by atoms with E-state index in [-0.39, 0.29) is 5.54 Å². The van der Waals surface area contributed by atoms with Crippen molar-refractivity contribution in [2.24, 2.45) is 5.73 Å². The lowest BCUT2D eigenvalue weighted by atomic mass is 9.75. The molecule has 0 amide bonds. The Kier molecular flexibility index (Phi) is 3.77. The van der Waals surface area contributed by atoms with Crippen LogP contribution in [0.5, 0.6) is 0 Å². The van der Waals surface area contributed by atoms with Gasteiger partial charge in [-0.3, -0.25) is 4.90 Å². The van der Waals surface area contributed by atoms with Crippen LogP contribution in [0.25, 0.3) is 0 Å². The molecule has 1 rings (SSSR count). The van der Waals surface area contributed by atoms with E-state index >= 15 is 0 Å². The van der Waals surface area contributed by atoms with E-state index < -0.39 is 0 Å². The van der Waals surface area contributed by atoms with E-state index in [9.17, 15) is 0 Å². The maximum atomic E-state index is 6.12. The summed E-state index contributed by atoms with van der Waals surface area (Å²) in [7, 11) is 0. The molecule has 1 aliphatic carbocycles. The average molecular weight is 180 g/mol. The van der Waals surface area contributed by atoms with Crippen LogP contribution in [0.4, 0.5) is 0 Å². The molecule has 0 saturated heterocycles. The standard InChI is InChI=1S/C11H20N2/c1-3-9-13(4-2)10-8-11(12)6-5-7-11/h1H,4-10,12H2,2H3. The van der Waals surface area contributed by atoms with Crippen molar-refractivity contribution in [3.63, 3.8) is 0 Å². The summed E-state index contributed by atoms with van der Waals surface area (Å²) in [4.78, 5) is 2.27. The first-order valence-corrected chi connectivity index (χ1v) is 5.15. The number of nitrogens with zero attached hydrogens (tertiary/aromatic N) is 1. The van der Waals surface area contributed by atoms with Gasteiger partial charge in [-0.15, -0.1) is 6.42 Å². The second-order valence-corrected chi connectivity index (χ2v) is 4.04. The van der Waals surface area contributed by atoms with E-state index in [4.69, 9.17) is 12.2 Å². The third-order valence-electron chi connectivity index (χ3n) is 3.04. The predicted octanol–water partition coefficient (Wildman–Crippen LogP) is 1.21. The van der Waals surface area contributed by atoms with Crippen molar-refractivity contribution in [3.05, 3.63) is 0 Å². The number of terminal acetylenes is 1. The smallest absolute Gasteiger partial charge is 0.0598 e. The Morgan fingerprint density at radius 1 is 1.54 bits per heavy atom. The summed E-state index contributed by atoms with van der Waals surface area (Å²) in [6.07, 6.45) is 10.1. The van der Waals surface area contributed by atoms with Crippen molar-refractivity contribution in [1.82, 2.24) is 4.90 Å². The van der Waals surface area contributed by atoms with Gasteiger partial charge in [0.1, 0.15) is 0 Å². The first kappa shape index (κ1) is 10.6. The van der Waals surface area contributed by atoms with E-state index in [1.54, 1.807) is 0 Å². The third kappa shape index (κ3) is 3.02. The number of nitrogens with two attached hydrogens (primary N) is 1. The molecule has 2 N–H and O–H groups in total. The Hall–Kier alpha value is -0.520. The third-order valence-corrected chi connectivity index (χ3v) is 3.04. The Labute approximate surface area is 81.5 Å². The zero-order chi connectivity index (χ0) is 9.73. The van der Waals surface area contributed by atoms with Crippen LogP contribution in [0, 0.1) is 12.3 Å². The van der Waals surface area contributed by atoms with Gasteiger partial charge in [0.25, 0.3) is 0 Å². The second kappa shape index (κ2) is 4.64. The molecule has 0 aromatic rings. The molecular weight excluding hydrogens is 160 g/mol. The molecule has 0 aromatic carbocycles. The highest BCUT2D eigenvalue weighted by Crippen LogP contribution is 2.32. The van der Waals surface area contributed by atoms with Gasteiger partial charge in [0.15, 0.2) is 0 Å². The zero-order valence-electron chi connectivity index (χ0n) is 8.55. The van der Waals surface area contributed by atoms with Gasteiger partial charge in [0.05, 0.1) is 6.54 Å². The van der Waals surface area contributed by atoms with Crippen LogP contribution in [0.15, 0.2) is 0 Å². The van der Waals surface area contributed by atoms with Crippen LogP contribution in [-0.4, -0.2) is 30.1 Å². The maximum Gasteiger partial charge on any atom is 0.0598 e. The lowest BCUT2D eigenvalue weighted by Crippen LogP contribution is -2.48. The number of hydrogen-bond acceptors (Lipinski definition) is 2. The molecule has 0 spiro atoms. The first-order valence-electron chi connectivity index (χ1n) is 5.15. The summed E-state index contributed by atoms with van der Waals surface area (Å²) in [5.74, 6) is 2.68. The molecule has 2 heteroatoms. The Morgan fingerprint density at radius 2 is 2.23 bits per heavy atom. The Balaban J connectivity index is 2.19. The van der Waals surface area contributed by atoms with Crippen molar-refractivity contribution in [2.75, 3.05) is 19.6 Å². The summed E-state index contributed by atoms with van der Waals surface area (Å²) in [5.41, 5.74) is 6.26. The van der Waals surface area contributed by atoms with Crippen molar-refractivity contribution in [3.8, 4) is 12.3 Å². The molecule has 0 aromatic heterocycles. The van der Waals surface area contributed by atoms with Crippen LogP contribution in [0.1, 0.15) is 32.6 Å². The minimum absolute atomic E-state index is 0.141. The quantitative estimate of drug-likeness (QED) is 0.644. The minimum Gasteiger partial charge on any atom is -0.325 e. The van der Waals surface area contributed by atoms with E-state index in [0.717, 1.165) is 26.1 Å². The molecule has 2 nitrogen and oxygen atoms in total. The number of rotatable bonds is 5. The van der Waals surface area contributed by atoms with E-state index in [1.165, 1.54) is 19.3 Å². The minimum atomic E-state index is 0.141. The Morgan fingerprint density at radius 3 is 2.62 bits per heavy atom. The number of hydrogen-bond donors (Lipinski definition) is 1. The van der Waals surface area contributed by atoms with Gasteiger partial charge in [-0.2, -0.15) is 0 Å². The lowest BCUT2D eigenvalue weighted by Gasteiger charge is -2.39. The first-order chi connectivity index (χ1) is 6.20. The van der Waals surface area contributed by atoms with Gasteiger partial charge in [-0.25, -0.2) is 0 Å². The SMILES string of the molecule is C#CCN(CC)CCC1(N)CCC1. The molecule has 74 valence electrons. The summed E-state index contributed by atoms with van der Waals surface area (Å²) < 4.78 is 0. The summed E-state index contributed by atoms with van der Waals surface area (Å²) in [5, 5.41) is 0. The van der Waals surface area contributed by atoms with E-state index in [0.29, 0.717) is 0 Å². The van der Waals surface area contributed by atoms with Crippen molar-refractivity contribution in [1.29, 1.82) is 0 Å². The van der Waals surface area contributed by atoms with Gasteiger partial charge in [0, 0.05) is 12.1 Å². The zero-order valence-corrected chi connectivity index (χ0v) is 8.55. The second-order valence-electron chi connectivity index (χ2n) is 4.04. The molecule has 0 bridgehead atoms. The molecule has 1 fully saturated rings. The van der Waals surface area contributed by atoms with Crippen LogP contribution < -0.4 is 5.73 Å². The topological polar surface area (TPSA) is 29.3 Å². The monoisotopic (exact) mass is 180 g/mol. The van der Waals surface area contributed by atoms with E-state index in [1.807, 2.05) is 0 Å². The van der Waals surface area contributed by atoms with Gasteiger partial charge in [-0.1, -0.05) is 12.8 Å². The molecule has 1 saturated carbocycles.